The van der Waals surface area contributed by atoms with Crippen LogP contribution in [0.2, 0.25) is 0 Å². The first kappa shape index (κ1) is 11.3. The largest absolute Gasteiger partial charge is 0.381 e. The highest BCUT2D eigenvalue weighted by Crippen LogP contribution is 2.16. The molecule has 1 aromatic rings. The molecule has 1 N–H and O–H groups in total. The lowest BCUT2D eigenvalue weighted by Crippen LogP contribution is -2.23. The Morgan fingerprint density at radius 2 is 2.06 bits per heavy atom. The topological polar surface area (TPSA) is 47.0 Å². The first-order chi connectivity index (χ1) is 7.90. The Morgan fingerprint density at radius 1 is 1.31 bits per heavy atom. The third-order valence-electron chi connectivity index (χ3n) is 3.01. The van der Waals surface area contributed by atoms with Gasteiger partial charge in [0.05, 0.1) is 5.69 Å². The van der Waals surface area contributed by atoms with Gasteiger partial charge in [-0.1, -0.05) is 6.92 Å². The molecule has 0 saturated carbocycles. The summed E-state index contributed by atoms with van der Waals surface area (Å²) in [4.78, 5) is 8.64. The van der Waals surface area contributed by atoms with Gasteiger partial charge in [0.15, 0.2) is 0 Å². The Morgan fingerprint density at radius 3 is 2.81 bits per heavy atom. The fourth-order valence-corrected chi connectivity index (χ4v) is 1.96. The molecule has 0 spiro atoms. The van der Waals surface area contributed by atoms with Gasteiger partial charge >= 0.3 is 0 Å². The average molecular weight is 221 g/mol. The second kappa shape index (κ2) is 5.80. The molecule has 0 atom stereocenters. The maximum absolute atomic E-state index is 5.34. The second-order valence-corrected chi connectivity index (χ2v) is 4.14. The molecule has 0 bridgehead atoms. The summed E-state index contributed by atoms with van der Waals surface area (Å²) in [6.45, 7) is 4.87. The first-order valence-electron chi connectivity index (χ1n) is 6.01. The Balaban J connectivity index is 1.88. The van der Waals surface area contributed by atoms with Gasteiger partial charge in [0.25, 0.3) is 0 Å². The minimum atomic E-state index is 0.709. The number of nitrogens with zero attached hydrogens (tertiary/aromatic N) is 2. The van der Waals surface area contributed by atoms with E-state index in [4.69, 9.17) is 4.74 Å². The molecular formula is C12H19N3O. The van der Waals surface area contributed by atoms with Crippen molar-refractivity contribution in [2.75, 3.05) is 25.1 Å². The highest BCUT2D eigenvalue weighted by molar-refractivity contribution is 5.39. The molecule has 88 valence electrons. The van der Waals surface area contributed by atoms with Crippen LogP contribution in [0, 0.1) is 5.92 Å². The molecule has 0 unspecified atom stereocenters. The van der Waals surface area contributed by atoms with Crippen LogP contribution in [0.3, 0.4) is 0 Å². The summed E-state index contributed by atoms with van der Waals surface area (Å²) in [5, 5.41) is 3.40. The fraction of sp³-hybridized carbons (Fsp3) is 0.667. The van der Waals surface area contributed by atoms with Crippen LogP contribution in [-0.2, 0) is 11.2 Å². The van der Waals surface area contributed by atoms with Crippen LogP contribution in [-0.4, -0.2) is 29.7 Å². The lowest BCUT2D eigenvalue weighted by molar-refractivity contribution is 0.0699. The zero-order valence-electron chi connectivity index (χ0n) is 9.78. The zero-order valence-corrected chi connectivity index (χ0v) is 9.78. The van der Waals surface area contributed by atoms with Crippen molar-refractivity contribution in [3.05, 3.63) is 18.1 Å². The normalized spacial score (nSPS) is 17.3. The van der Waals surface area contributed by atoms with E-state index in [0.29, 0.717) is 5.92 Å². The predicted molar refractivity (Wildman–Crippen MR) is 63.4 cm³/mol. The summed E-state index contributed by atoms with van der Waals surface area (Å²) in [5.41, 5.74) is 1.05. The molecule has 16 heavy (non-hydrogen) atoms. The Bertz CT molecular complexity index is 324. The van der Waals surface area contributed by atoms with Crippen LogP contribution in [0.15, 0.2) is 12.4 Å². The number of aryl methyl sites for hydroxylation is 1. The van der Waals surface area contributed by atoms with Crippen molar-refractivity contribution in [1.82, 2.24) is 9.97 Å². The summed E-state index contributed by atoms with van der Waals surface area (Å²) >= 11 is 0. The molecule has 0 amide bonds. The maximum Gasteiger partial charge on any atom is 0.147 e. The third-order valence-corrected chi connectivity index (χ3v) is 3.01. The van der Waals surface area contributed by atoms with Crippen molar-refractivity contribution in [2.24, 2.45) is 5.92 Å². The smallest absolute Gasteiger partial charge is 0.147 e. The van der Waals surface area contributed by atoms with Crippen LogP contribution < -0.4 is 5.32 Å². The fourth-order valence-electron chi connectivity index (χ4n) is 1.96. The van der Waals surface area contributed by atoms with E-state index < -0.39 is 0 Å². The minimum absolute atomic E-state index is 0.709. The molecule has 4 nitrogen and oxygen atoms in total. The Hall–Kier alpha value is -1.16. The molecule has 1 aliphatic heterocycles. The Kier molecular flexibility index (Phi) is 4.10. The second-order valence-electron chi connectivity index (χ2n) is 4.14. The van der Waals surface area contributed by atoms with E-state index in [1.54, 1.807) is 12.4 Å². The number of nitrogens with one attached hydrogen (secondary N) is 1. The molecular weight excluding hydrogens is 202 g/mol. The molecule has 1 aliphatic rings. The van der Waals surface area contributed by atoms with Crippen LogP contribution in [0.4, 0.5) is 5.82 Å². The van der Waals surface area contributed by atoms with Gasteiger partial charge < -0.3 is 10.1 Å². The number of anilines is 1. The molecule has 1 saturated heterocycles. The summed E-state index contributed by atoms with van der Waals surface area (Å²) in [6, 6.07) is 0. The molecule has 1 fully saturated rings. The summed E-state index contributed by atoms with van der Waals surface area (Å²) in [7, 11) is 0. The lowest BCUT2D eigenvalue weighted by Gasteiger charge is -2.22. The van der Waals surface area contributed by atoms with Crippen LogP contribution >= 0.6 is 0 Å². The van der Waals surface area contributed by atoms with Crippen molar-refractivity contribution in [3.63, 3.8) is 0 Å². The molecule has 2 rings (SSSR count). The highest BCUT2D eigenvalue weighted by atomic mass is 16.5. The van der Waals surface area contributed by atoms with Crippen molar-refractivity contribution >= 4 is 5.82 Å². The molecule has 2 heterocycles. The summed E-state index contributed by atoms with van der Waals surface area (Å²) in [5.74, 6) is 1.65. The van der Waals surface area contributed by atoms with E-state index in [1.807, 2.05) is 0 Å². The van der Waals surface area contributed by atoms with Crippen LogP contribution in [0.25, 0.3) is 0 Å². The third kappa shape index (κ3) is 2.92. The monoisotopic (exact) mass is 221 g/mol. The van der Waals surface area contributed by atoms with Gasteiger partial charge in [-0.2, -0.15) is 0 Å². The van der Waals surface area contributed by atoms with Gasteiger partial charge in [-0.25, -0.2) is 4.98 Å². The average Bonchev–Trinajstić information content (AvgIpc) is 2.38. The van der Waals surface area contributed by atoms with Crippen molar-refractivity contribution in [2.45, 2.75) is 26.2 Å². The number of rotatable bonds is 4. The summed E-state index contributed by atoms with van der Waals surface area (Å²) < 4.78 is 5.34. The van der Waals surface area contributed by atoms with E-state index in [-0.39, 0.29) is 0 Å². The number of aromatic nitrogens is 2. The van der Waals surface area contributed by atoms with Gasteiger partial charge in [0.1, 0.15) is 5.82 Å². The first-order valence-corrected chi connectivity index (χ1v) is 6.01. The predicted octanol–water partition coefficient (Wildman–Crippen LogP) is 1.88. The van der Waals surface area contributed by atoms with Crippen molar-refractivity contribution in [1.29, 1.82) is 0 Å². The molecule has 0 aliphatic carbocycles. The minimum Gasteiger partial charge on any atom is -0.381 e. The van der Waals surface area contributed by atoms with E-state index >= 15 is 0 Å². The quantitative estimate of drug-likeness (QED) is 0.843. The van der Waals surface area contributed by atoms with Gasteiger partial charge in [-0.15, -0.1) is 0 Å². The van der Waals surface area contributed by atoms with Gasteiger partial charge in [-0.3, -0.25) is 4.98 Å². The van der Waals surface area contributed by atoms with Crippen LogP contribution in [0.5, 0.6) is 0 Å². The standard InChI is InChI=1S/C12H19N3O/c1-2-11-12(14-6-5-13-11)15-9-10-3-7-16-8-4-10/h5-6,10H,2-4,7-9H2,1H3,(H,14,15). The number of ether oxygens (including phenoxy) is 1. The van der Waals surface area contributed by atoms with Crippen LogP contribution in [0.1, 0.15) is 25.5 Å². The zero-order chi connectivity index (χ0) is 11.2. The van der Waals surface area contributed by atoms with Gasteiger partial charge in [-0.05, 0) is 25.2 Å². The molecule has 1 aromatic heterocycles. The molecule has 4 heteroatoms. The summed E-state index contributed by atoms with van der Waals surface area (Å²) in [6.07, 6.45) is 6.71. The Labute approximate surface area is 96.4 Å². The van der Waals surface area contributed by atoms with E-state index in [9.17, 15) is 0 Å². The van der Waals surface area contributed by atoms with E-state index in [1.165, 1.54) is 0 Å². The van der Waals surface area contributed by atoms with Crippen molar-refractivity contribution in [3.8, 4) is 0 Å². The van der Waals surface area contributed by atoms with E-state index in [0.717, 1.165) is 50.5 Å². The lowest BCUT2D eigenvalue weighted by atomic mass is 10.0. The van der Waals surface area contributed by atoms with E-state index in [2.05, 4.69) is 22.2 Å². The van der Waals surface area contributed by atoms with Gasteiger partial charge in [0, 0.05) is 32.2 Å². The highest BCUT2D eigenvalue weighted by Gasteiger charge is 2.14. The molecule has 0 aromatic carbocycles. The number of hydrogen-bond donors (Lipinski definition) is 1. The molecule has 0 radical (unpaired) electrons. The van der Waals surface area contributed by atoms with Gasteiger partial charge in [0.2, 0.25) is 0 Å². The SMILES string of the molecule is CCc1nccnc1NCC1CCOCC1. The maximum atomic E-state index is 5.34. The number of hydrogen-bond acceptors (Lipinski definition) is 4. The van der Waals surface area contributed by atoms with Crippen molar-refractivity contribution < 1.29 is 4.74 Å².